The molecule has 1 unspecified atom stereocenters. The molecule has 0 aromatic heterocycles. The Hall–Kier alpha value is -0.530. The highest BCUT2D eigenvalue weighted by Gasteiger charge is 2.31. The van der Waals surface area contributed by atoms with E-state index < -0.39 is 36.8 Å². The fourth-order valence-corrected chi connectivity index (χ4v) is 0.702. The van der Waals surface area contributed by atoms with Crippen LogP contribution in [0.15, 0.2) is 0 Å². The molecular formula is C7H14O6. The van der Waals surface area contributed by atoms with Gasteiger partial charge in [-0.15, -0.1) is 0 Å². The third-order valence-electron chi connectivity index (χ3n) is 1.59. The Balaban J connectivity index is 4.25. The van der Waals surface area contributed by atoms with Crippen molar-refractivity contribution >= 4 is 5.78 Å². The van der Waals surface area contributed by atoms with Crippen molar-refractivity contribution in [2.24, 2.45) is 0 Å². The fraction of sp³-hybridized carbons (Fsp3) is 0.857. The molecule has 4 atom stereocenters. The summed E-state index contributed by atoms with van der Waals surface area (Å²) in [6, 6.07) is 0. The Kier molecular flexibility index (Phi) is 5.04. The Morgan fingerprint density at radius 1 is 1.15 bits per heavy atom. The molecule has 0 heterocycles. The molecule has 0 saturated carbocycles. The summed E-state index contributed by atoms with van der Waals surface area (Å²) in [6.45, 7) is 0.375. The van der Waals surface area contributed by atoms with Gasteiger partial charge in [-0.2, -0.15) is 0 Å². The predicted molar refractivity (Wildman–Crippen MR) is 41.8 cm³/mol. The van der Waals surface area contributed by atoms with Crippen LogP contribution in [0.25, 0.3) is 0 Å². The van der Waals surface area contributed by atoms with Crippen LogP contribution in [-0.2, 0) is 4.79 Å². The molecule has 78 valence electrons. The first-order valence-corrected chi connectivity index (χ1v) is 3.78. The minimum atomic E-state index is -1.88. The summed E-state index contributed by atoms with van der Waals surface area (Å²) in [5.74, 6) is -1.11. The summed E-state index contributed by atoms with van der Waals surface area (Å²) in [4.78, 5) is 11.0. The van der Waals surface area contributed by atoms with Crippen LogP contribution in [0.3, 0.4) is 0 Å². The number of carbonyl (C=O) groups excluding carboxylic acids is 1. The molecule has 0 aromatic carbocycles. The number of hydrogen-bond donors (Lipinski definition) is 5. The second-order valence-corrected chi connectivity index (χ2v) is 2.78. The highest BCUT2D eigenvalue weighted by molar-refractivity contribution is 5.87. The van der Waals surface area contributed by atoms with Crippen molar-refractivity contribution in [3.05, 3.63) is 0 Å². The molecule has 0 bridgehead atoms. The maximum Gasteiger partial charge on any atom is 0.194 e. The van der Waals surface area contributed by atoms with E-state index in [0.29, 0.717) is 0 Å². The standard InChI is InChI=1S/C7H14O6/c1-3(9)5(11)7(13)6(12)4(10)2-8/h3-6,8-12H,2H2,1H3/t3?,4-,5+,6-/m1/s1/i1+2. The average Bonchev–Trinajstić information content (AvgIpc) is 2.12. The van der Waals surface area contributed by atoms with E-state index in [1.165, 1.54) is 6.92 Å². The van der Waals surface area contributed by atoms with Gasteiger partial charge >= 0.3 is 0 Å². The molecule has 0 aromatic rings. The number of carbonyl (C=O) groups is 1. The largest absolute Gasteiger partial charge is 0.394 e. The maximum absolute atomic E-state index is 11.0. The summed E-state index contributed by atoms with van der Waals surface area (Å²) in [5.41, 5.74) is 0. The van der Waals surface area contributed by atoms with E-state index >= 15 is 0 Å². The lowest BCUT2D eigenvalue weighted by Crippen LogP contribution is -2.45. The van der Waals surface area contributed by atoms with Gasteiger partial charge in [0.1, 0.15) is 18.3 Å². The molecule has 0 aliphatic rings. The van der Waals surface area contributed by atoms with Crippen LogP contribution in [0.5, 0.6) is 0 Å². The first-order chi connectivity index (χ1) is 5.91. The van der Waals surface area contributed by atoms with Gasteiger partial charge in [0.25, 0.3) is 0 Å². The first-order valence-electron chi connectivity index (χ1n) is 3.78. The Labute approximate surface area is 75.1 Å². The van der Waals surface area contributed by atoms with Gasteiger partial charge in [-0.1, -0.05) is 0 Å². The molecule has 0 fully saturated rings. The number of aliphatic hydroxyl groups is 5. The summed E-state index contributed by atoms with van der Waals surface area (Å²) in [7, 11) is 0. The van der Waals surface area contributed by atoms with E-state index in [9.17, 15) is 4.79 Å². The van der Waals surface area contributed by atoms with E-state index in [1.807, 2.05) is 0 Å². The Morgan fingerprint density at radius 3 is 1.92 bits per heavy atom. The van der Waals surface area contributed by atoms with Crippen LogP contribution in [0.2, 0.25) is 0 Å². The highest BCUT2D eigenvalue weighted by Crippen LogP contribution is 2.02. The SMILES string of the molecule is [14CH3]C(O)[C@H](O)C(=O)[C@H](O)[C@H](O)CO. The molecule has 6 heteroatoms. The normalized spacial score (nSPS) is 20.5. The van der Waals surface area contributed by atoms with E-state index in [0.717, 1.165) is 0 Å². The Morgan fingerprint density at radius 2 is 1.62 bits per heavy atom. The lowest BCUT2D eigenvalue weighted by molar-refractivity contribution is -0.148. The molecule has 0 radical (unpaired) electrons. The molecule has 0 amide bonds. The van der Waals surface area contributed by atoms with E-state index in [4.69, 9.17) is 25.5 Å². The summed E-state index contributed by atoms with van der Waals surface area (Å²) >= 11 is 0. The van der Waals surface area contributed by atoms with Crippen LogP contribution in [0.1, 0.15) is 6.92 Å². The van der Waals surface area contributed by atoms with Crippen molar-refractivity contribution in [2.75, 3.05) is 6.61 Å². The van der Waals surface area contributed by atoms with Crippen molar-refractivity contribution in [3.8, 4) is 0 Å². The number of aliphatic hydroxyl groups excluding tert-OH is 5. The zero-order valence-corrected chi connectivity index (χ0v) is 7.16. The van der Waals surface area contributed by atoms with Gasteiger partial charge in [0.05, 0.1) is 12.7 Å². The van der Waals surface area contributed by atoms with Gasteiger partial charge in [0, 0.05) is 0 Å². The van der Waals surface area contributed by atoms with Crippen molar-refractivity contribution in [2.45, 2.75) is 31.3 Å². The van der Waals surface area contributed by atoms with Gasteiger partial charge in [-0.05, 0) is 6.92 Å². The molecule has 0 aliphatic carbocycles. The summed E-state index contributed by atoms with van der Waals surface area (Å²) in [6.07, 6.45) is -6.60. The van der Waals surface area contributed by atoms with E-state index in [1.54, 1.807) is 0 Å². The molecular weight excluding hydrogens is 182 g/mol. The second kappa shape index (κ2) is 5.25. The van der Waals surface area contributed by atoms with Crippen LogP contribution < -0.4 is 0 Å². The molecule has 6 nitrogen and oxygen atoms in total. The van der Waals surface area contributed by atoms with Crippen molar-refractivity contribution < 1.29 is 30.3 Å². The van der Waals surface area contributed by atoms with Gasteiger partial charge in [0.15, 0.2) is 5.78 Å². The van der Waals surface area contributed by atoms with Gasteiger partial charge in [-0.3, -0.25) is 4.79 Å². The van der Waals surface area contributed by atoms with Gasteiger partial charge < -0.3 is 25.5 Å². The number of ketones is 1. The average molecular weight is 196 g/mol. The predicted octanol–water partition coefficient (Wildman–Crippen LogP) is -2.99. The Bertz CT molecular complexity index is 168. The first kappa shape index (κ1) is 12.5. The molecule has 0 spiro atoms. The third-order valence-corrected chi connectivity index (χ3v) is 1.59. The third kappa shape index (κ3) is 3.37. The summed E-state index contributed by atoms with van der Waals surface area (Å²) in [5, 5.41) is 43.9. The zero-order chi connectivity index (χ0) is 10.6. The minimum absolute atomic E-state index is 0.792. The topological polar surface area (TPSA) is 118 Å². The van der Waals surface area contributed by atoms with Crippen LogP contribution >= 0.6 is 0 Å². The van der Waals surface area contributed by atoms with Crippen molar-refractivity contribution in [1.82, 2.24) is 0 Å². The second-order valence-electron chi connectivity index (χ2n) is 2.78. The lowest BCUT2D eigenvalue weighted by atomic mass is 10.0. The molecule has 0 saturated heterocycles. The number of rotatable bonds is 5. The highest BCUT2D eigenvalue weighted by atomic mass is 16.4. The van der Waals surface area contributed by atoms with Crippen molar-refractivity contribution in [1.29, 1.82) is 0 Å². The minimum Gasteiger partial charge on any atom is -0.394 e. The van der Waals surface area contributed by atoms with Gasteiger partial charge in [0.2, 0.25) is 0 Å². The van der Waals surface area contributed by atoms with Crippen molar-refractivity contribution in [3.63, 3.8) is 0 Å². The van der Waals surface area contributed by atoms with E-state index in [2.05, 4.69) is 0 Å². The zero-order valence-electron chi connectivity index (χ0n) is 7.16. The fourth-order valence-electron chi connectivity index (χ4n) is 0.702. The molecule has 5 N–H and O–H groups in total. The van der Waals surface area contributed by atoms with Crippen LogP contribution in [-0.4, -0.2) is 62.3 Å². The monoisotopic (exact) mass is 196 g/mol. The maximum atomic E-state index is 11.0. The number of hydrogen-bond acceptors (Lipinski definition) is 6. The summed E-state index contributed by atoms with van der Waals surface area (Å²) < 4.78 is 0. The molecule has 13 heavy (non-hydrogen) atoms. The smallest absolute Gasteiger partial charge is 0.194 e. The van der Waals surface area contributed by atoms with Gasteiger partial charge in [-0.25, -0.2) is 0 Å². The quantitative estimate of drug-likeness (QED) is 0.320. The lowest BCUT2D eigenvalue weighted by Gasteiger charge is -2.19. The molecule has 0 rings (SSSR count). The van der Waals surface area contributed by atoms with Crippen LogP contribution in [0, 0.1) is 0 Å². The van der Waals surface area contributed by atoms with E-state index in [-0.39, 0.29) is 0 Å². The number of Topliss-reactive ketones (excluding diaryl/α,β-unsaturated/α-hetero) is 1. The molecule has 0 aliphatic heterocycles. The van der Waals surface area contributed by atoms with Crippen LogP contribution in [0.4, 0.5) is 0 Å².